The van der Waals surface area contributed by atoms with Gasteiger partial charge in [0.2, 0.25) is 0 Å². The number of hydrogen-bond donors (Lipinski definition) is 1. The van der Waals surface area contributed by atoms with E-state index >= 15 is 0 Å². The summed E-state index contributed by atoms with van der Waals surface area (Å²) in [7, 11) is 0. The first kappa shape index (κ1) is 17.8. The van der Waals surface area contributed by atoms with E-state index < -0.39 is 0 Å². The van der Waals surface area contributed by atoms with Gasteiger partial charge >= 0.3 is 0 Å². The number of ether oxygens (including phenoxy) is 1. The number of aliphatic hydroxyl groups is 1. The number of benzene rings is 1. The molecule has 0 aromatic heterocycles. The molecule has 0 saturated heterocycles. The van der Waals surface area contributed by atoms with Crippen LogP contribution in [0.1, 0.15) is 18.4 Å². The maximum atomic E-state index is 9.07. The minimum atomic E-state index is 0.204. The average Bonchev–Trinajstić information content (AvgIpc) is 2.52. The van der Waals surface area contributed by atoms with Crippen LogP contribution >= 0.6 is 11.8 Å². The van der Waals surface area contributed by atoms with E-state index in [1.54, 1.807) is 12.1 Å². The number of thioether (sulfide) groups is 1. The minimum absolute atomic E-state index is 0.204. The van der Waals surface area contributed by atoms with E-state index in [-0.39, 0.29) is 6.61 Å². The summed E-state index contributed by atoms with van der Waals surface area (Å²) in [4.78, 5) is 2.28. The summed E-state index contributed by atoms with van der Waals surface area (Å²) in [6.07, 6.45) is 4.19. The molecule has 0 spiro atoms. The van der Waals surface area contributed by atoms with Crippen LogP contribution in [0, 0.1) is 11.3 Å². The standard InChI is InChI=1S/C16H24N2O2S/c1-21-13-3-9-18(10-11-19)8-2-12-20-16-6-4-15(14-17)5-7-16/h4-7,19H,2-3,8-13H2,1H3. The van der Waals surface area contributed by atoms with Crippen molar-refractivity contribution in [2.75, 3.05) is 44.9 Å². The number of nitrogens with zero attached hydrogens (tertiary/aromatic N) is 2. The Kier molecular flexibility index (Phi) is 9.71. The molecule has 4 nitrogen and oxygen atoms in total. The lowest BCUT2D eigenvalue weighted by atomic mass is 10.2. The SMILES string of the molecule is CSCCCN(CCO)CCCOc1ccc(C#N)cc1. The Balaban J connectivity index is 2.21. The van der Waals surface area contributed by atoms with E-state index in [1.807, 2.05) is 23.9 Å². The zero-order valence-corrected chi connectivity index (χ0v) is 13.4. The first-order valence-corrected chi connectivity index (χ1v) is 8.64. The molecule has 0 bridgehead atoms. The van der Waals surface area contributed by atoms with Crippen molar-refractivity contribution in [2.45, 2.75) is 12.8 Å². The summed E-state index contributed by atoms with van der Waals surface area (Å²) < 4.78 is 5.66. The van der Waals surface area contributed by atoms with E-state index in [2.05, 4.69) is 17.2 Å². The highest BCUT2D eigenvalue weighted by molar-refractivity contribution is 7.98. The molecule has 0 radical (unpaired) electrons. The molecule has 0 fully saturated rings. The van der Waals surface area contributed by atoms with Crippen LogP contribution in [-0.4, -0.2) is 54.9 Å². The molecule has 0 amide bonds. The smallest absolute Gasteiger partial charge is 0.119 e. The van der Waals surface area contributed by atoms with E-state index in [0.717, 1.165) is 44.0 Å². The molecule has 1 aromatic rings. The largest absolute Gasteiger partial charge is 0.494 e. The van der Waals surface area contributed by atoms with E-state index in [9.17, 15) is 0 Å². The zero-order valence-electron chi connectivity index (χ0n) is 12.6. The second kappa shape index (κ2) is 11.4. The molecular formula is C16H24N2O2S. The predicted octanol–water partition coefficient (Wildman–Crippen LogP) is 2.37. The summed E-state index contributed by atoms with van der Waals surface area (Å²) in [6, 6.07) is 9.25. The third-order valence-electron chi connectivity index (χ3n) is 3.11. The average molecular weight is 308 g/mol. The van der Waals surface area contributed by atoms with Gasteiger partial charge in [-0.2, -0.15) is 17.0 Å². The maximum Gasteiger partial charge on any atom is 0.119 e. The summed E-state index contributed by atoms with van der Waals surface area (Å²) in [5.41, 5.74) is 0.644. The highest BCUT2D eigenvalue weighted by Gasteiger charge is 2.04. The molecule has 116 valence electrons. The molecule has 0 aliphatic carbocycles. The van der Waals surface area contributed by atoms with Gasteiger partial charge in [-0.15, -0.1) is 0 Å². The van der Waals surface area contributed by atoms with Crippen molar-refractivity contribution in [2.24, 2.45) is 0 Å². The molecule has 1 N–H and O–H groups in total. The third-order valence-corrected chi connectivity index (χ3v) is 3.81. The number of hydrogen-bond acceptors (Lipinski definition) is 5. The van der Waals surface area contributed by atoms with Crippen molar-refractivity contribution < 1.29 is 9.84 Å². The molecule has 5 heteroatoms. The maximum absolute atomic E-state index is 9.07. The summed E-state index contributed by atoms with van der Waals surface area (Å²) in [5.74, 6) is 1.95. The molecule has 0 heterocycles. The van der Waals surface area contributed by atoms with Crippen LogP contribution in [0.2, 0.25) is 0 Å². The number of nitriles is 1. The van der Waals surface area contributed by atoms with Gasteiger partial charge < -0.3 is 14.7 Å². The Morgan fingerprint density at radius 1 is 1.19 bits per heavy atom. The van der Waals surface area contributed by atoms with Gasteiger partial charge in [-0.05, 0) is 55.7 Å². The second-order valence-electron chi connectivity index (χ2n) is 4.75. The summed E-state index contributed by atoms with van der Waals surface area (Å²) in [6.45, 7) is 3.54. The molecule has 1 aromatic carbocycles. The van der Waals surface area contributed by atoms with Gasteiger partial charge in [-0.1, -0.05) is 0 Å². The van der Waals surface area contributed by atoms with Crippen molar-refractivity contribution in [1.82, 2.24) is 4.90 Å². The van der Waals surface area contributed by atoms with Crippen LogP contribution in [0.4, 0.5) is 0 Å². The lowest BCUT2D eigenvalue weighted by molar-refractivity contribution is 0.183. The summed E-state index contributed by atoms with van der Waals surface area (Å²) >= 11 is 1.85. The zero-order chi connectivity index (χ0) is 15.3. The van der Waals surface area contributed by atoms with Crippen LogP contribution in [0.15, 0.2) is 24.3 Å². The quantitative estimate of drug-likeness (QED) is 0.636. The van der Waals surface area contributed by atoms with Crippen LogP contribution < -0.4 is 4.74 Å². The Morgan fingerprint density at radius 2 is 1.90 bits per heavy atom. The van der Waals surface area contributed by atoms with Gasteiger partial charge in [0.25, 0.3) is 0 Å². The lowest BCUT2D eigenvalue weighted by Crippen LogP contribution is -2.30. The van der Waals surface area contributed by atoms with E-state index in [1.165, 1.54) is 0 Å². The van der Waals surface area contributed by atoms with Crippen molar-refractivity contribution in [3.63, 3.8) is 0 Å². The molecular weight excluding hydrogens is 284 g/mol. The minimum Gasteiger partial charge on any atom is -0.494 e. The fourth-order valence-electron chi connectivity index (χ4n) is 2.01. The van der Waals surface area contributed by atoms with Crippen LogP contribution in [-0.2, 0) is 0 Å². The number of aliphatic hydroxyl groups excluding tert-OH is 1. The molecule has 0 aliphatic rings. The first-order valence-electron chi connectivity index (χ1n) is 7.25. The van der Waals surface area contributed by atoms with Gasteiger partial charge in [-0.3, -0.25) is 0 Å². The Morgan fingerprint density at radius 3 is 2.52 bits per heavy atom. The Bertz CT molecular complexity index is 417. The van der Waals surface area contributed by atoms with Crippen LogP contribution in [0.5, 0.6) is 5.75 Å². The van der Waals surface area contributed by atoms with Crippen molar-refractivity contribution in [1.29, 1.82) is 5.26 Å². The van der Waals surface area contributed by atoms with Gasteiger partial charge in [0.1, 0.15) is 5.75 Å². The molecule has 0 atom stereocenters. The van der Waals surface area contributed by atoms with Crippen molar-refractivity contribution >= 4 is 11.8 Å². The monoisotopic (exact) mass is 308 g/mol. The molecule has 21 heavy (non-hydrogen) atoms. The Hall–Kier alpha value is -1.22. The third kappa shape index (κ3) is 7.96. The van der Waals surface area contributed by atoms with Crippen LogP contribution in [0.25, 0.3) is 0 Å². The van der Waals surface area contributed by atoms with Gasteiger partial charge in [0.05, 0.1) is 24.8 Å². The molecule has 0 unspecified atom stereocenters. The van der Waals surface area contributed by atoms with E-state index in [4.69, 9.17) is 15.1 Å². The predicted molar refractivity (Wildman–Crippen MR) is 87.8 cm³/mol. The highest BCUT2D eigenvalue weighted by Crippen LogP contribution is 2.11. The Labute approximate surface area is 131 Å². The molecule has 0 saturated carbocycles. The summed E-state index contributed by atoms with van der Waals surface area (Å²) in [5, 5.41) is 17.8. The van der Waals surface area contributed by atoms with Gasteiger partial charge in [-0.25, -0.2) is 0 Å². The van der Waals surface area contributed by atoms with Crippen molar-refractivity contribution in [3.05, 3.63) is 29.8 Å². The highest BCUT2D eigenvalue weighted by atomic mass is 32.2. The fraction of sp³-hybridized carbons (Fsp3) is 0.562. The lowest BCUT2D eigenvalue weighted by Gasteiger charge is -2.21. The van der Waals surface area contributed by atoms with Gasteiger partial charge in [0, 0.05) is 13.1 Å². The van der Waals surface area contributed by atoms with Crippen molar-refractivity contribution in [3.8, 4) is 11.8 Å². The second-order valence-corrected chi connectivity index (χ2v) is 5.74. The molecule has 1 rings (SSSR count). The fourth-order valence-corrected chi connectivity index (χ4v) is 2.43. The first-order chi connectivity index (χ1) is 10.3. The number of rotatable bonds is 11. The van der Waals surface area contributed by atoms with E-state index in [0.29, 0.717) is 12.2 Å². The van der Waals surface area contributed by atoms with Crippen LogP contribution in [0.3, 0.4) is 0 Å². The molecule has 0 aliphatic heterocycles. The normalized spacial score (nSPS) is 10.6. The topological polar surface area (TPSA) is 56.5 Å². The van der Waals surface area contributed by atoms with Gasteiger partial charge in [0.15, 0.2) is 0 Å².